The fourth-order valence-electron chi connectivity index (χ4n) is 1.48. The zero-order chi connectivity index (χ0) is 13.1. The van der Waals surface area contributed by atoms with Crippen LogP contribution < -0.4 is 4.74 Å². The topological polar surface area (TPSA) is 26.3 Å². The average Bonchev–Trinajstić information content (AvgIpc) is 2.73. The zero-order valence-electron chi connectivity index (χ0n) is 9.57. The van der Waals surface area contributed by atoms with Gasteiger partial charge in [-0.15, -0.1) is 11.3 Å². The van der Waals surface area contributed by atoms with Crippen molar-refractivity contribution < 1.29 is 13.9 Å². The molecule has 1 heterocycles. The second kappa shape index (κ2) is 5.63. The van der Waals surface area contributed by atoms with Gasteiger partial charge in [-0.05, 0) is 47.1 Å². The maximum Gasteiger partial charge on any atom is 0.163 e. The molecule has 0 saturated carbocycles. The summed E-state index contributed by atoms with van der Waals surface area (Å²) in [4.78, 5) is 12.4. The first-order valence-corrected chi connectivity index (χ1v) is 6.89. The summed E-state index contributed by atoms with van der Waals surface area (Å²) in [6.07, 6.45) is 0. The van der Waals surface area contributed by atoms with Crippen molar-refractivity contribution in [2.45, 2.75) is 13.5 Å². The SMILES string of the molecule is CC(=O)c1cc(F)ccc1OCc1cc(Br)cs1. The minimum atomic E-state index is -0.439. The minimum Gasteiger partial charge on any atom is -0.487 e. The van der Waals surface area contributed by atoms with Crippen LogP contribution in [0.15, 0.2) is 34.1 Å². The fourth-order valence-corrected chi connectivity index (χ4v) is 2.84. The van der Waals surface area contributed by atoms with E-state index in [0.717, 1.165) is 9.35 Å². The molecule has 0 saturated heterocycles. The van der Waals surface area contributed by atoms with Crippen LogP contribution in [-0.2, 0) is 6.61 Å². The summed E-state index contributed by atoms with van der Waals surface area (Å²) in [5, 5.41) is 1.95. The molecule has 0 radical (unpaired) electrons. The Morgan fingerprint density at radius 2 is 2.22 bits per heavy atom. The van der Waals surface area contributed by atoms with Crippen LogP contribution in [0.25, 0.3) is 0 Å². The monoisotopic (exact) mass is 328 g/mol. The van der Waals surface area contributed by atoms with E-state index in [1.807, 2.05) is 11.4 Å². The van der Waals surface area contributed by atoms with Crippen LogP contribution >= 0.6 is 27.3 Å². The molecule has 5 heteroatoms. The number of benzene rings is 1. The number of rotatable bonds is 4. The number of Topliss-reactive ketones (excluding diaryl/α,β-unsaturated/α-hetero) is 1. The van der Waals surface area contributed by atoms with Crippen molar-refractivity contribution in [1.82, 2.24) is 0 Å². The quantitative estimate of drug-likeness (QED) is 0.776. The van der Waals surface area contributed by atoms with Gasteiger partial charge in [0, 0.05) is 14.7 Å². The first kappa shape index (κ1) is 13.2. The van der Waals surface area contributed by atoms with Crippen molar-refractivity contribution in [2.24, 2.45) is 0 Å². The summed E-state index contributed by atoms with van der Waals surface area (Å²) < 4.78 is 19.6. The minimum absolute atomic E-state index is 0.211. The Morgan fingerprint density at radius 1 is 1.44 bits per heavy atom. The van der Waals surface area contributed by atoms with Gasteiger partial charge in [0.15, 0.2) is 5.78 Å². The Morgan fingerprint density at radius 3 is 2.83 bits per heavy atom. The second-order valence-electron chi connectivity index (χ2n) is 3.72. The predicted octanol–water partition coefficient (Wildman–Crippen LogP) is 4.43. The lowest BCUT2D eigenvalue weighted by Gasteiger charge is -2.08. The molecule has 0 aliphatic heterocycles. The zero-order valence-corrected chi connectivity index (χ0v) is 12.0. The summed E-state index contributed by atoms with van der Waals surface area (Å²) in [7, 11) is 0. The van der Waals surface area contributed by atoms with Crippen molar-refractivity contribution in [3.63, 3.8) is 0 Å². The van der Waals surface area contributed by atoms with Crippen molar-refractivity contribution in [3.05, 3.63) is 50.4 Å². The fraction of sp³-hybridized carbons (Fsp3) is 0.154. The molecule has 1 aromatic carbocycles. The molecule has 18 heavy (non-hydrogen) atoms. The van der Waals surface area contributed by atoms with Crippen LogP contribution in [-0.4, -0.2) is 5.78 Å². The van der Waals surface area contributed by atoms with Crippen molar-refractivity contribution in [1.29, 1.82) is 0 Å². The molecule has 2 aromatic rings. The maximum atomic E-state index is 13.1. The normalized spacial score (nSPS) is 10.4. The lowest BCUT2D eigenvalue weighted by atomic mass is 10.1. The van der Waals surface area contributed by atoms with Gasteiger partial charge >= 0.3 is 0 Å². The van der Waals surface area contributed by atoms with Crippen LogP contribution in [0.5, 0.6) is 5.75 Å². The molecule has 0 amide bonds. The number of ketones is 1. The van der Waals surface area contributed by atoms with Crippen molar-refractivity contribution >= 4 is 33.0 Å². The summed E-state index contributed by atoms with van der Waals surface area (Å²) in [5.74, 6) is -0.239. The molecular weight excluding hydrogens is 319 g/mol. The molecule has 94 valence electrons. The summed E-state index contributed by atoms with van der Waals surface area (Å²) in [5.41, 5.74) is 0.269. The van der Waals surface area contributed by atoms with E-state index < -0.39 is 5.82 Å². The molecule has 1 aromatic heterocycles. The molecule has 0 fully saturated rings. The van der Waals surface area contributed by atoms with Crippen LogP contribution in [0, 0.1) is 5.82 Å². The highest BCUT2D eigenvalue weighted by molar-refractivity contribution is 9.10. The Bertz CT molecular complexity index is 580. The predicted molar refractivity (Wildman–Crippen MR) is 72.8 cm³/mol. The highest BCUT2D eigenvalue weighted by Crippen LogP contribution is 2.24. The number of halogens is 2. The summed E-state index contributed by atoms with van der Waals surface area (Å²) in [6.45, 7) is 1.76. The number of carbonyl (C=O) groups is 1. The third kappa shape index (κ3) is 3.17. The third-order valence-corrected chi connectivity index (χ3v) is 3.98. The van der Waals surface area contributed by atoms with E-state index in [1.165, 1.54) is 25.1 Å². The molecule has 2 rings (SSSR count). The van der Waals surface area contributed by atoms with Gasteiger partial charge in [0.05, 0.1) is 5.56 Å². The van der Waals surface area contributed by atoms with Gasteiger partial charge in [-0.25, -0.2) is 4.39 Å². The van der Waals surface area contributed by atoms with E-state index >= 15 is 0 Å². The van der Waals surface area contributed by atoms with Crippen molar-refractivity contribution in [2.75, 3.05) is 0 Å². The first-order valence-electron chi connectivity index (χ1n) is 5.22. The smallest absolute Gasteiger partial charge is 0.163 e. The number of hydrogen-bond acceptors (Lipinski definition) is 3. The van der Waals surface area contributed by atoms with Crippen LogP contribution in [0.1, 0.15) is 22.2 Å². The van der Waals surface area contributed by atoms with Crippen LogP contribution in [0.2, 0.25) is 0 Å². The van der Waals surface area contributed by atoms with Gasteiger partial charge in [-0.3, -0.25) is 4.79 Å². The van der Waals surface area contributed by atoms with Gasteiger partial charge < -0.3 is 4.74 Å². The number of thiophene rings is 1. The molecule has 0 unspecified atom stereocenters. The van der Waals surface area contributed by atoms with Gasteiger partial charge in [0.1, 0.15) is 18.2 Å². The Kier molecular flexibility index (Phi) is 4.14. The number of carbonyl (C=O) groups excluding carboxylic acids is 1. The molecule has 0 N–H and O–H groups in total. The Hall–Kier alpha value is -1.20. The molecule has 2 nitrogen and oxygen atoms in total. The number of hydrogen-bond donors (Lipinski definition) is 0. The summed E-state index contributed by atoms with van der Waals surface area (Å²) >= 11 is 4.91. The summed E-state index contributed by atoms with van der Waals surface area (Å²) in [6, 6.07) is 5.91. The van der Waals surface area contributed by atoms with Crippen molar-refractivity contribution in [3.8, 4) is 5.75 Å². The largest absolute Gasteiger partial charge is 0.487 e. The van der Waals surface area contributed by atoms with Gasteiger partial charge in [0.2, 0.25) is 0 Å². The molecular formula is C13H10BrFO2S. The van der Waals surface area contributed by atoms with E-state index in [0.29, 0.717) is 12.4 Å². The molecule has 0 spiro atoms. The molecule has 0 aliphatic rings. The standard InChI is InChI=1S/C13H10BrFO2S/c1-8(16)12-5-10(15)2-3-13(12)17-6-11-4-9(14)7-18-11/h2-5,7H,6H2,1H3. The van der Waals surface area contributed by atoms with Gasteiger partial charge in [-0.1, -0.05) is 0 Å². The maximum absolute atomic E-state index is 13.1. The highest BCUT2D eigenvalue weighted by atomic mass is 79.9. The van der Waals surface area contributed by atoms with Crippen LogP contribution in [0.3, 0.4) is 0 Å². The van der Waals surface area contributed by atoms with Gasteiger partial charge in [0.25, 0.3) is 0 Å². The second-order valence-corrected chi connectivity index (χ2v) is 5.63. The highest BCUT2D eigenvalue weighted by Gasteiger charge is 2.10. The molecule has 0 atom stereocenters. The average molecular weight is 329 g/mol. The lowest BCUT2D eigenvalue weighted by Crippen LogP contribution is -2.01. The van der Waals surface area contributed by atoms with E-state index in [2.05, 4.69) is 15.9 Å². The third-order valence-electron chi connectivity index (χ3n) is 2.31. The van der Waals surface area contributed by atoms with E-state index in [9.17, 15) is 9.18 Å². The number of ether oxygens (including phenoxy) is 1. The Labute approximate surface area is 117 Å². The molecule has 0 aliphatic carbocycles. The molecule has 0 bridgehead atoms. The van der Waals surface area contributed by atoms with E-state index in [4.69, 9.17) is 4.74 Å². The van der Waals surface area contributed by atoms with Crippen LogP contribution in [0.4, 0.5) is 4.39 Å². The Balaban J connectivity index is 2.16. The van der Waals surface area contributed by atoms with E-state index in [-0.39, 0.29) is 11.3 Å². The lowest BCUT2D eigenvalue weighted by molar-refractivity contribution is 0.101. The van der Waals surface area contributed by atoms with Gasteiger partial charge in [-0.2, -0.15) is 0 Å². The van der Waals surface area contributed by atoms with E-state index in [1.54, 1.807) is 11.3 Å². The first-order chi connectivity index (χ1) is 8.56.